The molecule has 0 fully saturated rings. The molecule has 3 nitrogen and oxygen atoms in total. The molecular weight excluding hydrogens is 200 g/mol. The quantitative estimate of drug-likeness (QED) is 0.760. The molecule has 1 aromatic rings. The van der Waals surface area contributed by atoms with E-state index < -0.39 is 0 Å². The van der Waals surface area contributed by atoms with Crippen molar-refractivity contribution in [2.24, 2.45) is 0 Å². The lowest BCUT2D eigenvalue weighted by molar-refractivity contribution is -0.116. The van der Waals surface area contributed by atoms with Gasteiger partial charge in [0.05, 0.1) is 0 Å². The number of rotatable bonds is 5. The van der Waals surface area contributed by atoms with Crippen molar-refractivity contribution in [2.75, 3.05) is 14.1 Å². The lowest BCUT2D eigenvalue weighted by Gasteiger charge is -2.10. The third-order valence-electron chi connectivity index (χ3n) is 2.17. The fourth-order valence-corrected chi connectivity index (χ4v) is 1.39. The molecule has 0 aliphatic heterocycles. The first-order chi connectivity index (χ1) is 7.61. The van der Waals surface area contributed by atoms with Crippen LogP contribution in [0.15, 0.2) is 36.9 Å². The Hall–Kier alpha value is -1.61. The molecule has 0 heterocycles. The van der Waals surface area contributed by atoms with Crippen molar-refractivity contribution in [1.82, 2.24) is 10.2 Å². The van der Waals surface area contributed by atoms with E-state index in [1.54, 1.807) is 0 Å². The van der Waals surface area contributed by atoms with Gasteiger partial charge in [0.15, 0.2) is 0 Å². The Morgan fingerprint density at radius 2 is 1.88 bits per heavy atom. The maximum absolute atomic E-state index is 11.0. The van der Waals surface area contributed by atoms with Crippen molar-refractivity contribution in [3.63, 3.8) is 0 Å². The van der Waals surface area contributed by atoms with Gasteiger partial charge in [0.25, 0.3) is 0 Å². The second-order valence-corrected chi connectivity index (χ2v) is 3.98. The SMILES string of the molecule is C=CC(=O)NCc1ccc(CN(C)C)cc1. The number of benzene rings is 1. The summed E-state index contributed by atoms with van der Waals surface area (Å²) >= 11 is 0. The van der Waals surface area contributed by atoms with Gasteiger partial charge in [0.1, 0.15) is 0 Å². The van der Waals surface area contributed by atoms with Crippen molar-refractivity contribution < 1.29 is 4.79 Å². The zero-order valence-electron chi connectivity index (χ0n) is 9.86. The highest BCUT2D eigenvalue weighted by Gasteiger charge is 1.98. The molecule has 0 aliphatic rings. The minimum atomic E-state index is -0.141. The summed E-state index contributed by atoms with van der Waals surface area (Å²) in [6, 6.07) is 8.22. The molecule has 0 radical (unpaired) electrons. The Kier molecular flexibility index (Phi) is 4.73. The first-order valence-electron chi connectivity index (χ1n) is 5.24. The van der Waals surface area contributed by atoms with Crippen LogP contribution in [0, 0.1) is 0 Å². The number of nitrogens with zero attached hydrogens (tertiary/aromatic N) is 1. The van der Waals surface area contributed by atoms with Crippen LogP contribution in [0.1, 0.15) is 11.1 Å². The molecule has 1 rings (SSSR count). The molecule has 0 unspecified atom stereocenters. The second-order valence-electron chi connectivity index (χ2n) is 3.98. The van der Waals surface area contributed by atoms with Gasteiger partial charge in [-0.25, -0.2) is 0 Å². The van der Waals surface area contributed by atoms with Gasteiger partial charge >= 0.3 is 0 Å². The molecule has 86 valence electrons. The number of hydrogen-bond acceptors (Lipinski definition) is 2. The third-order valence-corrected chi connectivity index (χ3v) is 2.17. The molecule has 3 heteroatoms. The van der Waals surface area contributed by atoms with Gasteiger partial charge < -0.3 is 10.2 Å². The maximum Gasteiger partial charge on any atom is 0.243 e. The predicted molar refractivity (Wildman–Crippen MR) is 65.9 cm³/mol. The molecular formula is C13H18N2O. The van der Waals surface area contributed by atoms with Crippen LogP contribution >= 0.6 is 0 Å². The molecule has 0 aromatic heterocycles. The molecule has 16 heavy (non-hydrogen) atoms. The highest BCUT2D eigenvalue weighted by molar-refractivity contribution is 5.86. The van der Waals surface area contributed by atoms with Crippen LogP contribution in [-0.2, 0) is 17.9 Å². The summed E-state index contributed by atoms with van der Waals surface area (Å²) in [7, 11) is 4.08. The average molecular weight is 218 g/mol. The van der Waals surface area contributed by atoms with Gasteiger partial charge in [-0.3, -0.25) is 4.79 Å². The monoisotopic (exact) mass is 218 g/mol. The van der Waals surface area contributed by atoms with Crippen molar-refractivity contribution in [3.8, 4) is 0 Å². The maximum atomic E-state index is 11.0. The van der Waals surface area contributed by atoms with Gasteiger partial charge in [-0.1, -0.05) is 30.8 Å². The number of nitrogens with one attached hydrogen (secondary N) is 1. The van der Waals surface area contributed by atoms with E-state index in [9.17, 15) is 4.79 Å². The van der Waals surface area contributed by atoms with Gasteiger partial charge in [0, 0.05) is 13.1 Å². The second kappa shape index (κ2) is 6.08. The summed E-state index contributed by atoms with van der Waals surface area (Å²) in [6.45, 7) is 4.88. The van der Waals surface area contributed by atoms with E-state index in [-0.39, 0.29) is 5.91 Å². The first kappa shape index (κ1) is 12.5. The molecule has 0 atom stereocenters. The summed E-state index contributed by atoms with van der Waals surface area (Å²) in [5, 5.41) is 2.74. The summed E-state index contributed by atoms with van der Waals surface area (Å²) in [5.41, 5.74) is 2.36. The summed E-state index contributed by atoms with van der Waals surface area (Å²) < 4.78 is 0. The van der Waals surface area contributed by atoms with Crippen LogP contribution in [0.2, 0.25) is 0 Å². The largest absolute Gasteiger partial charge is 0.348 e. The molecule has 1 aromatic carbocycles. The Bertz CT molecular complexity index is 355. The number of amides is 1. The van der Waals surface area contributed by atoms with Crippen LogP contribution in [0.5, 0.6) is 0 Å². The van der Waals surface area contributed by atoms with Crippen LogP contribution in [0.25, 0.3) is 0 Å². The van der Waals surface area contributed by atoms with E-state index in [0.717, 1.165) is 12.1 Å². The third kappa shape index (κ3) is 4.28. The van der Waals surface area contributed by atoms with Crippen molar-refractivity contribution >= 4 is 5.91 Å². The average Bonchev–Trinajstić information content (AvgIpc) is 2.27. The highest BCUT2D eigenvalue weighted by Crippen LogP contribution is 2.05. The highest BCUT2D eigenvalue weighted by atomic mass is 16.1. The van der Waals surface area contributed by atoms with E-state index in [2.05, 4.69) is 28.9 Å². The number of carbonyl (C=O) groups is 1. The van der Waals surface area contributed by atoms with E-state index >= 15 is 0 Å². The smallest absolute Gasteiger partial charge is 0.243 e. The molecule has 0 aliphatic carbocycles. The van der Waals surface area contributed by atoms with Crippen molar-refractivity contribution in [1.29, 1.82) is 0 Å². The molecule has 0 bridgehead atoms. The van der Waals surface area contributed by atoms with Gasteiger partial charge in [0.2, 0.25) is 5.91 Å². The summed E-state index contributed by atoms with van der Waals surface area (Å²) in [6.07, 6.45) is 1.28. The Morgan fingerprint density at radius 3 is 2.38 bits per heavy atom. The minimum absolute atomic E-state index is 0.141. The fraction of sp³-hybridized carbons (Fsp3) is 0.308. The van der Waals surface area contributed by atoms with Crippen LogP contribution in [0.4, 0.5) is 0 Å². The number of hydrogen-bond donors (Lipinski definition) is 1. The van der Waals surface area contributed by atoms with Gasteiger partial charge in [-0.05, 0) is 31.3 Å². The van der Waals surface area contributed by atoms with Gasteiger partial charge in [-0.15, -0.1) is 0 Å². The van der Waals surface area contributed by atoms with E-state index in [1.807, 2.05) is 26.2 Å². The zero-order chi connectivity index (χ0) is 12.0. The Balaban J connectivity index is 2.51. The molecule has 1 amide bonds. The first-order valence-corrected chi connectivity index (χ1v) is 5.24. The van der Waals surface area contributed by atoms with Crippen LogP contribution in [0.3, 0.4) is 0 Å². The molecule has 1 N–H and O–H groups in total. The van der Waals surface area contributed by atoms with Crippen molar-refractivity contribution in [3.05, 3.63) is 48.0 Å². The molecule has 0 saturated heterocycles. The normalized spacial score (nSPS) is 10.2. The van der Waals surface area contributed by atoms with E-state index in [0.29, 0.717) is 6.54 Å². The molecule has 0 saturated carbocycles. The van der Waals surface area contributed by atoms with Crippen molar-refractivity contribution in [2.45, 2.75) is 13.1 Å². The van der Waals surface area contributed by atoms with Crippen LogP contribution in [-0.4, -0.2) is 24.9 Å². The standard InChI is InChI=1S/C13H18N2O/c1-4-13(16)14-9-11-5-7-12(8-6-11)10-15(2)3/h4-8H,1,9-10H2,2-3H3,(H,14,16). The van der Waals surface area contributed by atoms with E-state index in [4.69, 9.17) is 0 Å². The topological polar surface area (TPSA) is 32.3 Å². The lowest BCUT2D eigenvalue weighted by atomic mass is 10.1. The van der Waals surface area contributed by atoms with Gasteiger partial charge in [-0.2, -0.15) is 0 Å². The predicted octanol–water partition coefficient (Wildman–Crippen LogP) is 1.55. The summed E-state index contributed by atoms with van der Waals surface area (Å²) in [4.78, 5) is 13.1. The van der Waals surface area contributed by atoms with E-state index in [1.165, 1.54) is 11.6 Å². The molecule has 0 spiro atoms. The number of carbonyl (C=O) groups excluding carboxylic acids is 1. The Labute approximate surface area is 96.8 Å². The lowest BCUT2D eigenvalue weighted by Crippen LogP contribution is -2.19. The zero-order valence-corrected chi connectivity index (χ0v) is 9.86. The minimum Gasteiger partial charge on any atom is -0.348 e. The van der Waals surface area contributed by atoms with Crippen LogP contribution < -0.4 is 5.32 Å². The fourth-order valence-electron chi connectivity index (χ4n) is 1.39. The summed E-state index contributed by atoms with van der Waals surface area (Å²) in [5.74, 6) is -0.141. The Morgan fingerprint density at radius 1 is 1.31 bits per heavy atom.